The van der Waals surface area contributed by atoms with Gasteiger partial charge in [-0.2, -0.15) is 0 Å². The fourth-order valence-corrected chi connectivity index (χ4v) is 4.23. The first-order valence-electron chi connectivity index (χ1n) is 8.94. The first-order chi connectivity index (χ1) is 12.3. The highest BCUT2D eigenvalue weighted by molar-refractivity contribution is 6.09. The van der Waals surface area contributed by atoms with Crippen LogP contribution in [0.2, 0.25) is 0 Å². The average molecular weight is 353 g/mol. The molecule has 0 spiro atoms. The van der Waals surface area contributed by atoms with Gasteiger partial charge in [0.1, 0.15) is 16.9 Å². The number of ether oxygens (including phenoxy) is 1. The zero-order valence-electron chi connectivity index (χ0n) is 15.0. The molecule has 3 N–H and O–H groups in total. The minimum Gasteiger partial charge on any atom is -0.507 e. The monoisotopic (exact) mass is 353 g/mol. The Kier molecular flexibility index (Phi) is 3.74. The van der Waals surface area contributed by atoms with Crippen LogP contribution in [0.5, 0.6) is 11.5 Å². The second kappa shape index (κ2) is 5.74. The largest absolute Gasteiger partial charge is 0.507 e. The molecule has 1 unspecified atom stereocenters. The molecule has 0 saturated carbocycles. The van der Waals surface area contributed by atoms with E-state index >= 15 is 0 Å². The molecule has 2 aliphatic rings. The molecule has 0 radical (unpaired) electrons. The van der Waals surface area contributed by atoms with Crippen molar-refractivity contribution in [2.75, 3.05) is 11.9 Å². The van der Waals surface area contributed by atoms with Gasteiger partial charge in [0, 0.05) is 17.3 Å². The molecule has 5 nitrogen and oxygen atoms in total. The lowest BCUT2D eigenvalue weighted by molar-refractivity contribution is -0.121. The lowest BCUT2D eigenvalue weighted by atomic mass is 9.68. The van der Waals surface area contributed by atoms with E-state index in [1.807, 2.05) is 30.3 Å². The number of phenols is 1. The van der Waals surface area contributed by atoms with Crippen molar-refractivity contribution < 1.29 is 19.7 Å². The quantitative estimate of drug-likeness (QED) is 0.792. The number of nitrogens with one attached hydrogen (secondary N) is 1. The van der Waals surface area contributed by atoms with Crippen molar-refractivity contribution in [3.8, 4) is 11.5 Å². The van der Waals surface area contributed by atoms with E-state index in [1.54, 1.807) is 19.9 Å². The molecule has 0 bridgehead atoms. The molecule has 26 heavy (non-hydrogen) atoms. The third-order valence-electron chi connectivity index (χ3n) is 5.21. The Morgan fingerprint density at radius 1 is 1.23 bits per heavy atom. The van der Waals surface area contributed by atoms with Crippen molar-refractivity contribution in [1.82, 2.24) is 0 Å². The Morgan fingerprint density at radius 2 is 2.00 bits per heavy atom. The zero-order valence-corrected chi connectivity index (χ0v) is 15.0. The van der Waals surface area contributed by atoms with Crippen LogP contribution in [-0.4, -0.2) is 28.3 Å². The van der Waals surface area contributed by atoms with Gasteiger partial charge in [0.2, 0.25) is 5.91 Å². The lowest BCUT2D eigenvalue weighted by Crippen LogP contribution is -2.42. The van der Waals surface area contributed by atoms with E-state index in [4.69, 9.17) is 4.74 Å². The highest BCUT2D eigenvalue weighted by Crippen LogP contribution is 2.51. The minimum atomic E-state index is -1.15. The number of aromatic hydroxyl groups is 1. The number of amides is 1. The van der Waals surface area contributed by atoms with Crippen molar-refractivity contribution in [1.29, 1.82) is 0 Å². The van der Waals surface area contributed by atoms with Crippen molar-refractivity contribution >= 4 is 11.6 Å². The van der Waals surface area contributed by atoms with Crippen LogP contribution in [0.4, 0.5) is 5.69 Å². The number of carbonyl (C=O) groups excluding carboxylic acids is 1. The second-order valence-electron chi connectivity index (χ2n) is 7.82. The van der Waals surface area contributed by atoms with E-state index in [2.05, 4.69) is 5.32 Å². The normalized spacial score (nSPS) is 21.6. The predicted octanol–water partition coefficient (Wildman–Crippen LogP) is 3.12. The number of benzene rings is 2. The van der Waals surface area contributed by atoms with Crippen LogP contribution < -0.4 is 10.1 Å². The van der Waals surface area contributed by atoms with Crippen LogP contribution in [0.25, 0.3) is 0 Å². The lowest BCUT2D eigenvalue weighted by Gasteiger charge is -2.35. The summed E-state index contributed by atoms with van der Waals surface area (Å²) < 4.78 is 5.64. The number of aryl methyl sites for hydroxylation is 1. The molecule has 0 fully saturated rings. The Balaban J connectivity index is 1.98. The molecule has 1 atom stereocenters. The van der Waals surface area contributed by atoms with Gasteiger partial charge in [-0.25, -0.2) is 0 Å². The molecule has 2 heterocycles. The van der Waals surface area contributed by atoms with Crippen LogP contribution in [0.3, 0.4) is 0 Å². The molecular formula is C21H23NO4. The highest BCUT2D eigenvalue weighted by Gasteiger charge is 2.52. The summed E-state index contributed by atoms with van der Waals surface area (Å²) in [6.07, 6.45) is 1.90. The van der Waals surface area contributed by atoms with Gasteiger partial charge in [0.05, 0.1) is 12.2 Å². The molecule has 136 valence electrons. The number of rotatable bonds is 3. The molecule has 5 heteroatoms. The van der Waals surface area contributed by atoms with Crippen molar-refractivity contribution in [2.45, 2.75) is 44.1 Å². The summed E-state index contributed by atoms with van der Waals surface area (Å²) in [5.41, 5.74) is 0.746. The standard InChI is InChI=1S/C21H23NO4/c1-20(2,25)12-21(14-7-3-4-8-16(14)22-19(21)24)15-10-13-6-5-9-26-18(13)11-17(15)23/h3-4,7-8,10-11,23,25H,5-6,9,12H2,1-2H3,(H,22,24). The molecule has 2 aromatic rings. The van der Waals surface area contributed by atoms with Gasteiger partial charge >= 0.3 is 0 Å². The van der Waals surface area contributed by atoms with E-state index < -0.39 is 11.0 Å². The van der Waals surface area contributed by atoms with Gasteiger partial charge in [-0.1, -0.05) is 18.2 Å². The Labute approximate surface area is 152 Å². The predicted molar refractivity (Wildman–Crippen MR) is 98.7 cm³/mol. The van der Waals surface area contributed by atoms with Crippen LogP contribution >= 0.6 is 0 Å². The number of hydrogen-bond donors (Lipinski definition) is 3. The van der Waals surface area contributed by atoms with E-state index in [1.165, 1.54) is 0 Å². The maximum absolute atomic E-state index is 13.2. The Bertz CT molecular complexity index is 884. The van der Waals surface area contributed by atoms with Gasteiger partial charge < -0.3 is 20.3 Å². The molecule has 0 aromatic heterocycles. The molecule has 2 aliphatic heterocycles. The van der Waals surface area contributed by atoms with E-state index in [9.17, 15) is 15.0 Å². The Morgan fingerprint density at radius 3 is 2.77 bits per heavy atom. The Hall–Kier alpha value is -2.53. The van der Waals surface area contributed by atoms with Crippen molar-refractivity contribution in [3.63, 3.8) is 0 Å². The van der Waals surface area contributed by atoms with Crippen LogP contribution in [-0.2, 0) is 16.6 Å². The fraction of sp³-hybridized carbons (Fsp3) is 0.381. The topological polar surface area (TPSA) is 78.8 Å². The van der Waals surface area contributed by atoms with Crippen LogP contribution in [0, 0.1) is 0 Å². The number of carbonyl (C=O) groups is 1. The fourth-order valence-electron chi connectivity index (χ4n) is 4.23. The molecule has 4 rings (SSSR count). The summed E-state index contributed by atoms with van der Waals surface area (Å²) in [6.45, 7) is 3.99. The summed E-state index contributed by atoms with van der Waals surface area (Å²) in [7, 11) is 0. The summed E-state index contributed by atoms with van der Waals surface area (Å²) >= 11 is 0. The molecule has 1 amide bonds. The van der Waals surface area contributed by atoms with Gasteiger partial charge in [-0.3, -0.25) is 4.79 Å². The molecule has 0 aliphatic carbocycles. The number of anilines is 1. The number of para-hydroxylation sites is 1. The zero-order chi connectivity index (χ0) is 18.5. The van der Waals surface area contributed by atoms with Crippen molar-refractivity contribution in [2.24, 2.45) is 0 Å². The first-order valence-corrected chi connectivity index (χ1v) is 8.94. The average Bonchev–Trinajstić information content (AvgIpc) is 2.85. The second-order valence-corrected chi connectivity index (χ2v) is 7.82. The summed E-state index contributed by atoms with van der Waals surface area (Å²) in [5.74, 6) is 0.456. The van der Waals surface area contributed by atoms with Gasteiger partial charge in [-0.15, -0.1) is 0 Å². The van der Waals surface area contributed by atoms with Gasteiger partial charge in [0.15, 0.2) is 0 Å². The van der Waals surface area contributed by atoms with Gasteiger partial charge in [-0.05, 0) is 56.4 Å². The van der Waals surface area contributed by atoms with Crippen molar-refractivity contribution in [3.05, 3.63) is 53.1 Å². The number of fused-ring (bicyclic) bond motifs is 2. The first kappa shape index (κ1) is 16.9. The summed E-state index contributed by atoms with van der Waals surface area (Å²) in [4.78, 5) is 13.2. The molecule has 2 aromatic carbocycles. The summed E-state index contributed by atoms with van der Waals surface area (Å²) in [6, 6.07) is 10.9. The number of aliphatic hydroxyl groups is 1. The van der Waals surface area contributed by atoms with Crippen LogP contribution in [0.15, 0.2) is 36.4 Å². The van der Waals surface area contributed by atoms with Gasteiger partial charge in [0.25, 0.3) is 0 Å². The molecular weight excluding hydrogens is 330 g/mol. The molecule has 0 saturated heterocycles. The van der Waals surface area contributed by atoms with E-state index in [-0.39, 0.29) is 18.1 Å². The number of phenolic OH excluding ortho intramolecular Hbond substituents is 1. The maximum Gasteiger partial charge on any atom is 0.239 e. The SMILES string of the molecule is CC(C)(O)CC1(c2cc3c(cc2O)OCCC3)C(=O)Nc2ccccc21. The van der Waals surface area contributed by atoms with E-state index in [0.717, 1.165) is 29.7 Å². The minimum absolute atomic E-state index is 0.0155. The summed E-state index contributed by atoms with van der Waals surface area (Å²) in [5, 5.41) is 24.3. The third kappa shape index (κ3) is 2.54. The van der Waals surface area contributed by atoms with E-state index in [0.29, 0.717) is 17.9 Å². The third-order valence-corrected chi connectivity index (χ3v) is 5.21. The highest BCUT2D eigenvalue weighted by atomic mass is 16.5. The smallest absolute Gasteiger partial charge is 0.239 e. The van der Waals surface area contributed by atoms with Crippen LogP contribution in [0.1, 0.15) is 43.4 Å². The number of hydrogen-bond acceptors (Lipinski definition) is 4. The maximum atomic E-state index is 13.2.